The van der Waals surface area contributed by atoms with Crippen LogP contribution in [-0.4, -0.2) is 28.1 Å². The van der Waals surface area contributed by atoms with Crippen molar-refractivity contribution in [3.63, 3.8) is 0 Å². The van der Waals surface area contributed by atoms with Crippen molar-refractivity contribution in [2.75, 3.05) is 13.7 Å². The van der Waals surface area contributed by atoms with Gasteiger partial charge in [-0.1, -0.05) is 11.6 Å². The first-order chi connectivity index (χ1) is 9.61. The quantitative estimate of drug-likeness (QED) is 0.840. The highest BCUT2D eigenvalue weighted by Crippen LogP contribution is 2.28. The molecule has 0 amide bonds. The van der Waals surface area contributed by atoms with E-state index in [-0.39, 0.29) is 23.1 Å². The van der Waals surface area contributed by atoms with Gasteiger partial charge in [0.1, 0.15) is 18.0 Å². The summed E-state index contributed by atoms with van der Waals surface area (Å²) in [4.78, 5) is 12.2. The minimum Gasteiger partial charge on any atom is -0.495 e. The van der Waals surface area contributed by atoms with Gasteiger partial charge in [0.2, 0.25) is 0 Å². The minimum atomic E-state index is -0.644. The molecule has 1 aliphatic heterocycles. The van der Waals surface area contributed by atoms with Gasteiger partial charge in [-0.25, -0.2) is 9.18 Å². The van der Waals surface area contributed by atoms with Crippen LogP contribution in [-0.2, 0) is 17.9 Å². The van der Waals surface area contributed by atoms with E-state index in [1.165, 1.54) is 17.7 Å². The molecule has 1 aliphatic rings. The van der Waals surface area contributed by atoms with Gasteiger partial charge in [-0.05, 0) is 6.07 Å². The highest BCUT2D eigenvalue weighted by Gasteiger charge is 2.20. The largest absolute Gasteiger partial charge is 0.495 e. The third-order valence-electron chi connectivity index (χ3n) is 3.08. The van der Waals surface area contributed by atoms with E-state index in [1.54, 1.807) is 0 Å². The van der Waals surface area contributed by atoms with Crippen LogP contribution in [0.2, 0.25) is 5.02 Å². The second-order valence-electron chi connectivity index (χ2n) is 4.25. The van der Waals surface area contributed by atoms with Crippen LogP contribution >= 0.6 is 11.6 Å². The van der Waals surface area contributed by atoms with Crippen molar-refractivity contribution in [3.8, 4) is 11.4 Å². The summed E-state index contributed by atoms with van der Waals surface area (Å²) in [6.07, 6.45) is 0. The fourth-order valence-electron chi connectivity index (χ4n) is 2.08. The molecule has 0 unspecified atom stereocenters. The fourth-order valence-corrected chi connectivity index (χ4v) is 2.31. The lowest BCUT2D eigenvalue weighted by atomic mass is 10.3. The number of rotatable bonds is 2. The maximum atomic E-state index is 14.0. The second-order valence-corrected chi connectivity index (χ2v) is 4.66. The molecule has 8 heteroatoms. The van der Waals surface area contributed by atoms with Crippen molar-refractivity contribution in [1.82, 2.24) is 14.3 Å². The second kappa shape index (κ2) is 4.92. The molecule has 0 aliphatic carbocycles. The first-order valence-electron chi connectivity index (χ1n) is 5.91. The highest BCUT2D eigenvalue weighted by molar-refractivity contribution is 6.32. The SMILES string of the molecule is COc1cc(-n2nc3n(c2=O)CCOC3)c(F)cc1Cl. The van der Waals surface area contributed by atoms with Crippen LogP contribution in [0.4, 0.5) is 4.39 Å². The summed E-state index contributed by atoms with van der Waals surface area (Å²) >= 11 is 5.83. The molecule has 0 fully saturated rings. The molecule has 0 radical (unpaired) electrons. The lowest BCUT2D eigenvalue weighted by molar-refractivity contribution is 0.0805. The van der Waals surface area contributed by atoms with Crippen molar-refractivity contribution in [2.45, 2.75) is 13.2 Å². The number of hydrogen-bond donors (Lipinski definition) is 0. The molecular formula is C12H11ClFN3O3. The zero-order valence-electron chi connectivity index (χ0n) is 10.6. The molecule has 2 aromatic rings. The molecule has 106 valence electrons. The van der Waals surface area contributed by atoms with Crippen LogP contribution in [0, 0.1) is 5.82 Å². The van der Waals surface area contributed by atoms with Crippen molar-refractivity contribution in [2.24, 2.45) is 0 Å². The van der Waals surface area contributed by atoms with Gasteiger partial charge in [0.15, 0.2) is 11.6 Å². The van der Waals surface area contributed by atoms with Crippen molar-refractivity contribution < 1.29 is 13.9 Å². The van der Waals surface area contributed by atoms with Crippen molar-refractivity contribution in [1.29, 1.82) is 0 Å². The average Bonchev–Trinajstić information content (AvgIpc) is 2.77. The Labute approximate surface area is 118 Å². The highest BCUT2D eigenvalue weighted by atomic mass is 35.5. The summed E-state index contributed by atoms with van der Waals surface area (Å²) < 4.78 is 26.7. The zero-order chi connectivity index (χ0) is 14.3. The molecule has 6 nitrogen and oxygen atoms in total. The van der Waals surface area contributed by atoms with Crippen LogP contribution in [0.15, 0.2) is 16.9 Å². The van der Waals surface area contributed by atoms with E-state index in [0.717, 1.165) is 10.7 Å². The normalized spacial score (nSPS) is 14.2. The maximum absolute atomic E-state index is 14.0. The lowest BCUT2D eigenvalue weighted by Gasteiger charge is -2.11. The molecular weight excluding hydrogens is 289 g/mol. The van der Waals surface area contributed by atoms with Gasteiger partial charge in [0.25, 0.3) is 0 Å². The first-order valence-corrected chi connectivity index (χ1v) is 6.29. The number of fused-ring (bicyclic) bond motifs is 1. The molecule has 0 spiro atoms. The summed E-state index contributed by atoms with van der Waals surface area (Å²) in [5.41, 5.74) is -0.412. The van der Waals surface area contributed by atoms with E-state index < -0.39 is 11.5 Å². The Balaban J connectivity index is 2.19. The van der Waals surface area contributed by atoms with Gasteiger partial charge in [0, 0.05) is 6.07 Å². The van der Waals surface area contributed by atoms with Gasteiger partial charge >= 0.3 is 5.69 Å². The van der Waals surface area contributed by atoms with E-state index in [4.69, 9.17) is 21.1 Å². The van der Waals surface area contributed by atoms with Crippen LogP contribution in [0.1, 0.15) is 5.82 Å². The van der Waals surface area contributed by atoms with Crippen LogP contribution in [0.25, 0.3) is 5.69 Å². The van der Waals surface area contributed by atoms with E-state index in [0.29, 0.717) is 19.0 Å². The van der Waals surface area contributed by atoms with E-state index in [1.807, 2.05) is 0 Å². The van der Waals surface area contributed by atoms with Crippen LogP contribution < -0.4 is 10.4 Å². The number of ether oxygens (including phenoxy) is 2. The third-order valence-corrected chi connectivity index (χ3v) is 3.37. The van der Waals surface area contributed by atoms with Gasteiger partial charge in [0.05, 0.1) is 25.3 Å². The third kappa shape index (κ3) is 1.99. The average molecular weight is 300 g/mol. The molecule has 0 atom stereocenters. The van der Waals surface area contributed by atoms with Crippen LogP contribution in [0.3, 0.4) is 0 Å². The Morgan fingerprint density at radius 2 is 2.30 bits per heavy atom. The van der Waals surface area contributed by atoms with Crippen molar-refractivity contribution >= 4 is 11.6 Å². The molecule has 1 aromatic heterocycles. The standard InChI is InChI=1S/C12H11ClFN3O3/c1-19-10-5-9(8(14)4-7(10)13)17-12(18)16-2-3-20-6-11(16)15-17/h4-5H,2-3,6H2,1H3. The number of benzene rings is 1. The number of methoxy groups -OCH3 is 1. The van der Waals surface area contributed by atoms with E-state index >= 15 is 0 Å². The molecule has 2 heterocycles. The zero-order valence-corrected chi connectivity index (χ0v) is 11.4. The van der Waals surface area contributed by atoms with Gasteiger partial charge in [-0.2, -0.15) is 4.68 Å². The number of nitrogens with zero attached hydrogens (tertiary/aromatic N) is 3. The van der Waals surface area contributed by atoms with Gasteiger partial charge < -0.3 is 9.47 Å². The smallest absolute Gasteiger partial charge is 0.350 e. The van der Waals surface area contributed by atoms with Crippen LogP contribution in [0.5, 0.6) is 5.75 Å². The first kappa shape index (κ1) is 13.1. The molecule has 0 bridgehead atoms. The van der Waals surface area contributed by atoms with Gasteiger partial charge in [-0.3, -0.25) is 4.57 Å². The summed E-state index contributed by atoms with van der Waals surface area (Å²) in [6.45, 7) is 1.07. The fraction of sp³-hybridized carbons (Fsp3) is 0.333. The monoisotopic (exact) mass is 299 g/mol. The lowest BCUT2D eigenvalue weighted by Crippen LogP contribution is -2.28. The van der Waals surface area contributed by atoms with Gasteiger partial charge in [-0.15, -0.1) is 5.10 Å². The molecule has 0 saturated carbocycles. The minimum absolute atomic E-state index is 0.00171. The number of aromatic nitrogens is 3. The molecule has 3 rings (SSSR count). The molecule has 0 saturated heterocycles. The Morgan fingerprint density at radius 1 is 1.50 bits per heavy atom. The molecule has 1 aromatic carbocycles. The Hall–Kier alpha value is -1.86. The summed E-state index contributed by atoms with van der Waals surface area (Å²) in [5.74, 6) is 0.0982. The predicted molar refractivity (Wildman–Crippen MR) is 69.0 cm³/mol. The topological polar surface area (TPSA) is 58.3 Å². The maximum Gasteiger partial charge on any atom is 0.350 e. The summed E-state index contributed by atoms with van der Waals surface area (Å²) in [6, 6.07) is 2.44. The van der Waals surface area contributed by atoms with Crippen molar-refractivity contribution in [3.05, 3.63) is 39.3 Å². The number of hydrogen-bond acceptors (Lipinski definition) is 4. The predicted octanol–water partition coefficient (Wildman–Crippen LogP) is 1.37. The van der Waals surface area contributed by atoms with E-state index in [9.17, 15) is 9.18 Å². The molecule has 20 heavy (non-hydrogen) atoms. The summed E-state index contributed by atoms with van der Waals surface area (Å²) in [5, 5.41) is 4.22. The Bertz CT molecular complexity index is 725. The summed E-state index contributed by atoms with van der Waals surface area (Å²) in [7, 11) is 1.41. The Kier molecular flexibility index (Phi) is 3.23. The Morgan fingerprint density at radius 3 is 3.00 bits per heavy atom. The number of halogens is 2. The molecule has 0 N–H and O–H groups in total. The van der Waals surface area contributed by atoms with E-state index in [2.05, 4.69) is 5.10 Å².